The Morgan fingerprint density at radius 1 is 1.35 bits per heavy atom. The summed E-state index contributed by atoms with van der Waals surface area (Å²) in [5, 5.41) is 0. The number of ether oxygens (including phenoxy) is 2. The summed E-state index contributed by atoms with van der Waals surface area (Å²) in [5.41, 5.74) is 5.24. The van der Waals surface area contributed by atoms with Crippen molar-refractivity contribution < 1.29 is 14.3 Å². The van der Waals surface area contributed by atoms with Crippen molar-refractivity contribution in [1.29, 1.82) is 0 Å². The molecule has 0 bridgehead atoms. The Kier molecular flexibility index (Phi) is 4.93. The molecular weight excluding hydrogens is 220 g/mol. The van der Waals surface area contributed by atoms with Gasteiger partial charge in [-0.15, -0.1) is 0 Å². The third kappa shape index (κ3) is 3.72. The molecule has 0 saturated heterocycles. The summed E-state index contributed by atoms with van der Waals surface area (Å²) < 4.78 is 10.5. The van der Waals surface area contributed by atoms with Crippen LogP contribution in [0.5, 0.6) is 5.75 Å². The Bertz CT molecular complexity index is 405. The van der Waals surface area contributed by atoms with Gasteiger partial charge in [-0.25, -0.2) is 5.84 Å². The maximum atomic E-state index is 10.9. The maximum absolute atomic E-state index is 10.9. The Morgan fingerprint density at radius 2 is 2.00 bits per heavy atom. The first-order chi connectivity index (χ1) is 8.08. The first-order valence-corrected chi connectivity index (χ1v) is 5.29. The highest BCUT2D eigenvalue weighted by Gasteiger charge is 2.07. The first-order valence-electron chi connectivity index (χ1n) is 5.29. The number of methoxy groups -OCH3 is 1. The van der Waals surface area contributed by atoms with Crippen LogP contribution in [0.4, 0.5) is 0 Å². The minimum atomic E-state index is -0.354. The van der Waals surface area contributed by atoms with E-state index < -0.39 is 0 Å². The van der Waals surface area contributed by atoms with E-state index in [1.54, 1.807) is 7.11 Å². The molecule has 0 aliphatic carbocycles. The molecule has 3 N–H and O–H groups in total. The predicted molar refractivity (Wildman–Crippen MR) is 64.5 cm³/mol. The molecule has 0 aromatic heterocycles. The Hall–Kier alpha value is -1.59. The van der Waals surface area contributed by atoms with E-state index >= 15 is 0 Å². The van der Waals surface area contributed by atoms with Gasteiger partial charge < -0.3 is 9.47 Å². The van der Waals surface area contributed by atoms with Crippen LogP contribution < -0.4 is 16.0 Å². The van der Waals surface area contributed by atoms with E-state index in [9.17, 15) is 4.79 Å². The number of amides is 1. The zero-order valence-electron chi connectivity index (χ0n) is 10.4. The second kappa shape index (κ2) is 6.22. The highest BCUT2D eigenvalue weighted by Crippen LogP contribution is 2.23. The zero-order chi connectivity index (χ0) is 12.8. The van der Waals surface area contributed by atoms with Crippen LogP contribution in [0.1, 0.15) is 16.7 Å². The molecule has 1 aromatic carbocycles. The zero-order valence-corrected chi connectivity index (χ0v) is 10.4. The molecule has 0 atom stereocenters. The van der Waals surface area contributed by atoms with Crippen LogP contribution in [0.2, 0.25) is 0 Å². The highest BCUT2D eigenvalue weighted by atomic mass is 16.5. The third-order valence-electron chi connectivity index (χ3n) is 2.55. The maximum Gasteiger partial charge on any atom is 0.259 e. The standard InChI is InChI=1S/C12H18N2O3/c1-8-4-10(6-17-7-12(15)14-13)11(16-3)5-9(8)2/h4-5H,6-7,13H2,1-3H3,(H,14,15). The molecule has 0 fully saturated rings. The molecule has 0 heterocycles. The lowest BCUT2D eigenvalue weighted by atomic mass is 10.1. The van der Waals surface area contributed by atoms with E-state index in [4.69, 9.17) is 15.3 Å². The summed E-state index contributed by atoms with van der Waals surface area (Å²) in [6.07, 6.45) is 0. The van der Waals surface area contributed by atoms with Crippen LogP contribution in [0.3, 0.4) is 0 Å². The second-order valence-electron chi connectivity index (χ2n) is 3.81. The number of nitrogens with one attached hydrogen (secondary N) is 1. The van der Waals surface area contributed by atoms with Gasteiger partial charge in [0.2, 0.25) is 0 Å². The van der Waals surface area contributed by atoms with Gasteiger partial charge in [-0.2, -0.15) is 0 Å². The average molecular weight is 238 g/mol. The highest BCUT2D eigenvalue weighted by molar-refractivity contribution is 5.76. The number of hydrogen-bond acceptors (Lipinski definition) is 4. The smallest absolute Gasteiger partial charge is 0.259 e. The SMILES string of the molecule is COc1cc(C)c(C)cc1COCC(=O)NN. The van der Waals surface area contributed by atoms with E-state index in [0.717, 1.165) is 22.4 Å². The van der Waals surface area contributed by atoms with Crippen molar-refractivity contribution in [2.45, 2.75) is 20.5 Å². The van der Waals surface area contributed by atoms with E-state index in [2.05, 4.69) is 0 Å². The van der Waals surface area contributed by atoms with Crippen molar-refractivity contribution in [3.05, 3.63) is 28.8 Å². The molecule has 1 rings (SSSR count). The predicted octanol–water partition coefficient (Wildman–Crippen LogP) is 0.819. The third-order valence-corrected chi connectivity index (χ3v) is 2.55. The van der Waals surface area contributed by atoms with Gasteiger partial charge in [0.25, 0.3) is 5.91 Å². The van der Waals surface area contributed by atoms with Gasteiger partial charge in [0.05, 0.1) is 13.7 Å². The van der Waals surface area contributed by atoms with Gasteiger partial charge >= 0.3 is 0 Å². The summed E-state index contributed by atoms with van der Waals surface area (Å²) in [6, 6.07) is 3.95. The summed E-state index contributed by atoms with van der Waals surface area (Å²) in [6.45, 7) is 4.29. The Morgan fingerprint density at radius 3 is 2.59 bits per heavy atom. The molecule has 0 saturated carbocycles. The molecule has 0 aliphatic rings. The van der Waals surface area contributed by atoms with E-state index in [0.29, 0.717) is 6.61 Å². The molecule has 94 valence electrons. The molecular formula is C12H18N2O3. The number of carbonyl (C=O) groups excluding carboxylic acids is 1. The van der Waals surface area contributed by atoms with E-state index in [-0.39, 0.29) is 12.5 Å². The first kappa shape index (κ1) is 13.5. The molecule has 17 heavy (non-hydrogen) atoms. The van der Waals surface area contributed by atoms with Crippen molar-refractivity contribution in [2.75, 3.05) is 13.7 Å². The molecule has 5 heteroatoms. The number of hydrogen-bond donors (Lipinski definition) is 2. The van der Waals surface area contributed by atoms with Gasteiger partial charge in [-0.3, -0.25) is 10.2 Å². The monoisotopic (exact) mass is 238 g/mol. The van der Waals surface area contributed by atoms with Gasteiger partial charge in [0, 0.05) is 5.56 Å². The lowest BCUT2D eigenvalue weighted by molar-refractivity contribution is -0.126. The normalized spacial score (nSPS) is 10.1. The van der Waals surface area contributed by atoms with Gasteiger partial charge in [0.15, 0.2) is 0 Å². The van der Waals surface area contributed by atoms with Crippen LogP contribution in [-0.2, 0) is 16.1 Å². The van der Waals surface area contributed by atoms with Crippen LogP contribution in [0.25, 0.3) is 0 Å². The number of nitrogens with two attached hydrogens (primary N) is 1. The van der Waals surface area contributed by atoms with Gasteiger partial charge in [-0.1, -0.05) is 0 Å². The van der Waals surface area contributed by atoms with Crippen molar-refractivity contribution in [2.24, 2.45) is 5.84 Å². The fourth-order valence-corrected chi connectivity index (χ4v) is 1.45. The van der Waals surface area contributed by atoms with Crippen molar-refractivity contribution in [3.63, 3.8) is 0 Å². The number of aryl methyl sites for hydroxylation is 2. The van der Waals surface area contributed by atoms with Crippen molar-refractivity contribution in [1.82, 2.24) is 5.43 Å². The lowest BCUT2D eigenvalue weighted by Gasteiger charge is -2.11. The minimum absolute atomic E-state index is 0.0629. The van der Waals surface area contributed by atoms with Crippen LogP contribution in [0, 0.1) is 13.8 Å². The van der Waals surface area contributed by atoms with E-state index in [1.807, 2.05) is 31.4 Å². The molecule has 5 nitrogen and oxygen atoms in total. The fraction of sp³-hybridized carbons (Fsp3) is 0.417. The summed E-state index contributed by atoms with van der Waals surface area (Å²) in [5.74, 6) is 5.36. The fourth-order valence-electron chi connectivity index (χ4n) is 1.45. The molecule has 0 spiro atoms. The largest absolute Gasteiger partial charge is 0.496 e. The number of carbonyl (C=O) groups is 1. The topological polar surface area (TPSA) is 73.6 Å². The summed E-state index contributed by atoms with van der Waals surface area (Å²) in [7, 11) is 1.61. The van der Waals surface area contributed by atoms with Crippen molar-refractivity contribution >= 4 is 5.91 Å². The number of rotatable bonds is 5. The van der Waals surface area contributed by atoms with Gasteiger partial charge in [0.1, 0.15) is 12.4 Å². The number of benzene rings is 1. The van der Waals surface area contributed by atoms with E-state index in [1.165, 1.54) is 0 Å². The molecule has 1 aromatic rings. The molecule has 1 amide bonds. The quantitative estimate of drug-likeness (QED) is 0.452. The minimum Gasteiger partial charge on any atom is -0.496 e. The van der Waals surface area contributed by atoms with Crippen LogP contribution in [-0.4, -0.2) is 19.6 Å². The second-order valence-corrected chi connectivity index (χ2v) is 3.81. The lowest BCUT2D eigenvalue weighted by Crippen LogP contribution is -2.33. The van der Waals surface area contributed by atoms with Gasteiger partial charge in [-0.05, 0) is 37.1 Å². The molecule has 0 unspecified atom stereocenters. The average Bonchev–Trinajstić information content (AvgIpc) is 2.32. The van der Waals surface area contributed by atoms with Crippen molar-refractivity contribution in [3.8, 4) is 5.75 Å². The Labute approximate surface area is 101 Å². The van der Waals surface area contributed by atoms with Crippen LogP contribution >= 0.6 is 0 Å². The molecule has 0 aliphatic heterocycles. The summed E-state index contributed by atoms with van der Waals surface area (Å²) in [4.78, 5) is 10.9. The molecule has 0 radical (unpaired) electrons. The Balaban J connectivity index is 2.69. The summed E-state index contributed by atoms with van der Waals surface area (Å²) >= 11 is 0. The van der Waals surface area contributed by atoms with Crippen LogP contribution in [0.15, 0.2) is 12.1 Å². The number of hydrazine groups is 1.